The Morgan fingerprint density at radius 3 is 2.49 bits per heavy atom. The Kier molecular flexibility index (Phi) is 9.33. The first-order valence-electron chi connectivity index (χ1n) is 14.1. The van der Waals surface area contributed by atoms with E-state index in [1.54, 1.807) is 29.0 Å². The lowest BCUT2D eigenvalue weighted by atomic mass is 9.86. The number of nitrogens with one attached hydrogen (secondary N) is 2. The number of carbonyl (C=O) groups is 2. The van der Waals surface area contributed by atoms with Crippen molar-refractivity contribution in [1.29, 1.82) is 0 Å². The Hall–Kier alpha value is -4.13. The van der Waals surface area contributed by atoms with Gasteiger partial charge in [0, 0.05) is 40.8 Å². The van der Waals surface area contributed by atoms with E-state index >= 15 is 0 Å². The number of aliphatic hydroxyl groups excluding tert-OH is 1. The maximum atomic E-state index is 13.4. The molecule has 0 aliphatic carbocycles. The molecule has 0 aliphatic rings. The van der Waals surface area contributed by atoms with Gasteiger partial charge >= 0.3 is 12.0 Å². The van der Waals surface area contributed by atoms with Crippen LogP contribution in [0.1, 0.15) is 69.7 Å². The summed E-state index contributed by atoms with van der Waals surface area (Å²) in [5.41, 5.74) is 8.04. The number of carboxylic acid groups (broad SMARTS) is 1. The van der Waals surface area contributed by atoms with E-state index in [1.165, 1.54) is 17.5 Å². The van der Waals surface area contributed by atoms with E-state index in [-0.39, 0.29) is 29.5 Å². The molecule has 43 heavy (non-hydrogen) atoms. The molecule has 1 aromatic carbocycles. The van der Waals surface area contributed by atoms with E-state index in [9.17, 15) is 24.6 Å². The lowest BCUT2D eigenvalue weighted by Crippen LogP contribution is -2.30. The van der Waals surface area contributed by atoms with Crippen LogP contribution in [0.5, 0.6) is 0 Å². The van der Waals surface area contributed by atoms with Crippen molar-refractivity contribution >= 4 is 40.1 Å². The summed E-state index contributed by atoms with van der Waals surface area (Å²) in [5.74, 6) is -0.873. The van der Waals surface area contributed by atoms with Crippen molar-refractivity contribution in [1.82, 2.24) is 19.9 Å². The highest BCUT2D eigenvalue weighted by Gasteiger charge is 2.28. The van der Waals surface area contributed by atoms with E-state index < -0.39 is 28.9 Å². The number of urea groups is 1. The zero-order valence-electron chi connectivity index (χ0n) is 25.1. The number of aromatic nitrogens is 3. The van der Waals surface area contributed by atoms with Crippen molar-refractivity contribution in [3.8, 4) is 21.7 Å². The monoisotopic (exact) mass is 606 g/mol. The average Bonchev–Trinajstić information content (AvgIpc) is 3.43. The molecule has 6 N–H and O–H groups in total. The molecule has 0 saturated heterocycles. The summed E-state index contributed by atoms with van der Waals surface area (Å²) in [5, 5.41) is 28.3. The molecule has 4 aromatic rings. The molecule has 0 aliphatic heterocycles. The number of aromatic carboxylic acids is 1. The number of carboxylic acids is 1. The van der Waals surface area contributed by atoms with Gasteiger partial charge in [0.05, 0.1) is 29.9 Å². The molecule has 2 amide bonds. The van der Waals surface area contributed by atoms with Crippen LogP contribution in [0.25, 0.3) is 32.6 Å². The fraction of sp³-hybridized carbons (Fsp3) is 0.387. The van der Waals surface area contributed by atoms with Gasteiger partial charge in [-0.2, -0.15) is 0 Å². The van der Waals surface area contributed by atoms with E-state index in [1.807, 2.05) is 53.0 Å². The summed E-state index contributed by atoms with van der Waals surface area (Å²) < 4.78 is 1.67. The Labute approximate surface area is 253 Å². The number of benzene rings is 1. The van der Waals surface area contributed by atoms with Gasteiger partial charge in [-0.15, -0.1) is 11.3 Å². The number of nitrogens with two attached hydrogens (primary N) is 1. The molecule has 3 heterocycles. The average molecular weight is 607 g/mol. The van der Waals surface area contributed by atoms with E-state index in [0.717, 1.165) is 5.69 Å². The highest BCUT2D eigenvalue weighted by atomic mass is 32.1. The molecule has 0 spiro atoms. The van der Waals surface area contributed by atoms with Crippen LogP contribution in [0.3, 0.4) is 0 Å². The Morgan fingerprint density at radius 2 is 1.88 bits per heavy atom. The molecule has 0 radical (unpaired) electrons. The van der Waals surface area contributed by atoms with Crippen molar-refractivity contribution in [3.05, 3.63) is 63.5 Å². The number of carbonyl (C=O) groups excluding carboxylic acids is 1. The number of aliphatic hydroxyl groups is 1. The van der Waals surface area contributed by atoms with Crippen LogP contribution in [-0.2, 0) is 0 Å². The maximum Gasteiger partial charge on any atom is 0.341 e. The number of fused-ring (bicyclic) bond motifs is 1. The zero-order valence-corrected chi connectivity index (χ0v) is 26.0. The third-order valence-corrected chi connectivity index (χ3v) is 8.27. The lowest BCUT2D eigenvalue weighted by molar-refractivity contribution is 0.0692. The minimum absolute atomic E-state index is 0.170. The summed E-state index contributed by atoms with van der Waals surface area (Å²) >= 11 is 1.40. The lowest BCUT2D eigenvalue weighted by Gasteiger charge is -2.32. The SMILES string of the molecule is CCNC(=O)Nc1cc(-c2nc(C(N)C(C)C)cs2)c(-c2ccc3c(c2)c(=O)c(C(=O)O)cn3C(CO)C(C)(C)C)cn1. The van der Waals surface area contributed by atoms with Crippen molar-refractivity contribution in [2.45, 2.75) is 53.6 Å². The normalized spacial score (nSPS) is 13.2. The number of amides is 2. The first kappa shape index (κ1) is 31.8. The Bertz CT molecular complexity index is 1720. The van der Waals surface area contributed by atoms with E-state index in [2.05, 4.69) is 15.6 Å². The molecule has 2 unspecified atom stereocenters. The third kappa shape index (κ3) is 6.61. The number of rotatable bonds is 9. The van der Waals surface area contributed by atoms with Gasteiger partial charge in [0.2, 0.25) is 5.43 Å². The van der Waals surface area contributed by atoms with Crippen LogP contribution in [0.4, 0.5) is 10.6 Å². The molecule has 2 atom stereocenters. The summed E-state index contributed by atoms with van der Waals surface area (Å²) in [7, 11) is 0. The molecule has 12 heteroatoms. The molecule has 11 nitrogen and oxygen atoms in total. The maximum absolute atomic E-state index is 13.4. The van der Waals surface area contributed by atoms with Gasteiger partial charge in [-0.1, -0.05) is 40.7 Å². The molecule has 3 aromatic heterocycles. The number of pyridine rings is 2. The van der Waals surface area contributed by atoms with Crippen LogP contribution in [0.15, 0.2) is 46.8 Å². The third-order valence-electron chi connectivity index (χ3n) is 7.38. The van der Waals surface area contributed by atoms with E-state index in [0.29, 0.717) is 39.6 Å². The number of hydrogen-bond donors (Lipinski definition) is 5. The molecule has 0 saturated carbocycles. The van der Waals surface area contributed by atoms with Gasteiger partial charge in [-0.05, 0) is 42.0 Å². The van der Waals surface area contributed by atoms with Crippen molar-refractivity contribution in [2.75, 3.05) is 18.5 Å². The van der Waals surface area contributed by atoms with Crippen LogP contribution < -0.4 is 21.8 Å². The van der Waals surface area contributed by atoms with Crippen LogP contribution in [-0.4, -0.2) is 49.9 Å². The Balaban J connectivity index is 1.96. The van der Waals surface area contributed by atoms with Gasteiger partial charge < -0.3 is 25.8 Å². The van der Waals surface area contributed by atoms with Gasteiger partial charge in [-0.25, -0.2) is 19.6 Å². The van der Waals surface area contributed by atoms with Crippen LogP contribution in [0.2, 0.25) is 0 Å². The fourth-order valence-corrected chi connectivity index (χ4v) is 5.76. The molecular formula is C31H38N6O5S. The second-order valence-electron chi connectivity index (χ2n) is 11.8. The first-order chi connectivity index (χ1) is 20.3. The fourth-order valence-electron chi connectivity index (χ4n) is 4.87. The van der Waals surface area contributed by atoms with Crippen LogP contribution >= 0.6 is 11.3 Å². The smallest absolute Gasteiger partial charge is 0.341 e. The number of anilines is 1. The van der Waals surface area contributed by atoms with Crippen LogP contribution in [0, 0.1) is 11.3 Å². The van der Waals surface area contributed by atoms with Gasteiger partial charge in [0.25, 0.3) is 0 Å². The molecule has 0 bridgehead atoms. The number of hydrogen-bond acceptors (Lipinski definition) is 8. The summed E-state index contributed by atoms with van der Waals surface area (Å²) in [6.45, 7) is 11.9. The summed E-state index contributed by atoms with van der Waals surface area (Å²) in [6, 6.07) is 5.77. The largest absolute Gasteiger partial charge is 0.477 e. The topological polar surface area (TPSA) is 172 Å². The molecular weight excluding hydrogens is 568 g/mol. The van der Waals surface area contributed by atoms with Gasteiger partial charge in [0.15, 0.2) is 0 Å². The predicted molar refractivity (Wildman–Crippen MR) is 170 cm³/mol. The standard InChI is InChI=1S/C31H38N6O5S/c1-7-33-30(42)36-25-11-18(28-35-22(15-43-28)26(32)16(2)3)20(12-34-25)17-8-9-23-19(10-17)27(39)21(29(40)41)13-37(23)24(14-38)31(4,5)6/h8-13,15-16,24,26,38H,7,14,32H2,1-6H3,(H,40,41)(H2,33,34,36,42). The van der Waals surface area contributed by atoms with Crippen molar-refractivity contribution < 1.29 is 19.8 Å². The van der Waals surface area contributed by atoms with Gasteiger partial charge in [0.1, 0.15) is 16.4 Å². The molecule has 4 rings (SSSR count). The zero-order chi connectivity index (χ0) is 31.6. The first-order valence-corrected chi connectivity index (χ1v) is 14.9. The highest BCUT2D eigenvalue weighted by molar-refractivity contribution is 7.13. The van der Waals surface area contributed by atoms with Crippen molar-refractivity contribution in [3.63, 3.8) is 0 Å². The minimum atomic E-state index is -1.35. The summed E-state index contributed by atoms with van der Waals surface area (Å²) in [6.07, 6.45) is 2.90. The van der Waals surface area contributed by atoms with Gasteiger partial charge in [-0.3, -0.25) is 10.1 Å². The minimum Gasteiger partial charge on any atom is -0.477 e. The van der Waals surface area contributed by atoms with E-state index in [4.69, 9.17) is 10.7 Å². The predicted octanol–water partition coefficient (Wildman–Crippen LogP) is 5.26. The quantitative estimate of drug-likeness (QED) is 0.172. The Morgan fingerprint density at radius 1 is 1.16 bits per heavy atom. The molecule has 0 fully saturated rings. The number of nitrogens with zero attached hydrogens (tertiary/aromatic N) is 3. The van der Waals surface area contributed by atoms with Crippen molar-refractivity contribution in [2.24, 2.45) is 17.1 Å². The summed E-state index contributed by atoms with van der Waals surface area (Å²) in [4.78, 5) is 47.0. The molecule has 228 valence electrons. The number of thiazole rings is 1. The highest BCUT2D eigenvalue weighted by Crippen LogP contribution is 2.38. The second kappa shape index (κ2) is 12.6. The second-order valence-corrected chi connectivity index (χ2v) is 12.7.